The normalized spacial score (nSPS) is 17.5. The number of nitrogens with zero attached hydrogens (tertiary/aromatic N) is 4. The lowest BCUT2D eigenvalue weighted by Crippen LogP contribution is -2.50. The standard InChI is InChI=1S/C22H28FN5O3/c1-22(3-4-22)31-19-10-15(18(24)12-17(19)23)9-16-11-20(26-14-25-16)27-5-7-28(8-6-27)21(29)13-30-2/h10-12,14H,3-9,13,24H2,1-2H3. The molecule has 31 heavy (non-hydrogen) atoms. The molecule has 2 aliphatic rings. The van der Waals surface area contributed by atoms with Gasteiger partial charge in [-0.05, 0) is 31.4 Å². The lowest BCUT2D eigenvalue weighted by molar-refractivity contribution is -0.135. The van der Waals surface area contributed by atoms with Crippen molar-refractivity contribution in [3.63, 3.8) is 0 Å². The van der Waals surface area contributed by atoms with Gasteiger partial charge in [-0.2, -0.15) is 0 Å². The predicted molar refractivity (Wildman–Crippen MR) is 115 cm³/mol. The Bertz CT molecular complexity index is 958. The van der Waals surface area contributed by atoms with Gasteiger partial charge in [-0.15, -0.1) is 0 Å². The van der Waals surface area contributed by atoms with Crippen LogP contribution in [0.1, 0.15) is 31.0 Å². The summed E-state index contributed by atoms with van der Waals surface area (Å²) < 4.78 is 25.1. The largest absolute Gasteiger partial charge is 0.484 e. The Labute approximate surface area is 181 Å². The maximum Gasteiger partial charge on any atom is 0.248 e. The third kappa shape index (κ3) is 5.04. The first kappa shape index (κ1) is 21.3. The van der Waals surface area contributed by atoms with Crippen LogP contribution in [0.15, 0.2) is 24.5 Å². The lowest BCUT2D eigenvalue weighted by Gasteiger charge is -2.35. The smallest absolute Gasteiger partial charge is 0.248 e. The van der Waals surface area contributed by atoms with Crippen LogP contribution < -0.4 is 15.4 Å². The molecule has 1 saturated heterocycles. The van der Waals surface area contributed by atoms with E-state index < -0.39 is 5.82 Å². The summed E-state index contributed by atoms with van der Waals surface area (Å²) in [5.74, 6) is 0.579. The Morgan fingerprint density at radius 1 is 1.19 bits per heavy atom. The summed E-state index contributed by atoms with van der Waals surface area (Å²) >= 11 is 0. The first-order chi connectivity index (χ1) is 14.9. The van der Waals surface area contributed by atoms with Gasteiger partial charge in [0.25, 0.3) is 0 Å². The molecule has 1 amide bonds. The quantitative estimate of drug-likeness (QED) is 0.673. The molecular formula is C22H28FN5O3. The third-order valence-electron chi connectivity index (χ3n) is 5.81. The van der Waals surface area contributed by atoms with E-state index >= 15 is 0 Å². The molecule has 2 heterocycles. The Morgan fingerprint density at radius 3 is 2.61 bits per heavy atom. The summed E-state index contributed by atoms with van der Waals surface area (Å²) in [5.41, 5.74) is 7.71. The Balaban J connectivity index is 1.45. The van der Waals surface area contributed by atoms with Crippen molar-refractivity contribution in [1.29, 1.82) is 0 Å². The average Bonchev–Trinajstić information content (AvgIpc) is 3.49. The topological polar surface area (TPSA) is 93.8 Å². The number of amides is 1. The lowest BCUT2D eigenvalue weighted by atomic mass is 10.1. The van der Waals surface area contributed by atoms with Crippen LogP contribution in [0.3, 0.4) is 0 Å². The van der Waals surface area contributed by atoms with E-state index in [2.05, 4.69) is 14.9 Å². The number of hydrogen-bond acceptors (Lipinski definition) is 7. The highest BCUT2D eigenvalue weighted by Crippen LogP contribution is 2.41. The summed E-state index contributed by atoms with van der Waals surface area (Å²) in [6.45, 7) is 4.67. The molecule has 8 nitrogen and oxygen atoms in total. The van der Waals surface area contributed by atoms with Crippen LogP contribution in [-0.2, 0) is 16.0 Å². The molecule has 166 valence electrons. The number of ether oxygens (including phenoxy) is 2. The molecule has 0 unspecified atom stereocenters. The monoisotopic (exact) mass is 429 g/mol. The van der Waals surface area contributed by atoms with Crippen LogP contribution >= 0.6 is 0 Å². The number of rotatable bonds is 7. The highest BCUT2D eigenvalue weighted by atomic mass is 19.1. The van der Waals surface area contributed by atoms with Crippen LogP contribution in [0.2, 0.25) is 0 Å². The number of carbonyl (C=O) groups excluding carboxylic acids is 1. The third-order valence-corrected chi connectivity index (χ3v) is 5.81. The van der Waals surface area contributed by atoms with Gasteiger partial charge in [-0.1, -0.05) is 0 Å². The molecule has 1 saturated carbocycles. The number of aromatic nitrogens is 2. The molecule has 1 aromatic heterocycles. The minimum Gasteiger partial charge on any atom is -0.484 e. The number of carbonyl (C=O) groups is 1. The maximum absolute atomic E-state index is 14.3. The van der Waals surface area contributed by atoms with Crippen LogP contribution in [0.25, 0.3) is 0 Å². The fraction of sp³-hybridized carbons (Fsp3) is 0.500. The van der Waals surface area contributed by atoms with Gasteiger partial charge in [-0.3, -0.25) is 4.79 Å². The number of nitrogen functional groups attached to an aromatic ring is 1. The van der Waals surface area contributed by atoms with Crippen molar-refractivity contribution >= 4 is 17.4 Å². The molecule has 2 aromatic rings. The van der Waals surface area contributed by atoms with Crippen molar-refractivity contribution in [1.82, 2.24) is 14.9 Å². The molecule has 0 atom stereocenters. The number of halogens is 1. The number of benzene rings is 1. The summed E-state index contributed by atoms with van der Waals surface area (Å²) in [6.07, 6.45) is 3.81. The van der Waals surface area contributed by atoms with Crippen molar-refractivity contribution in [2.24, 2.45) is 0 Å². The number of methoxy groups -OCH3 is 1. The van der Waals surface area contributed by atoms with Gasteiger partial charge in [0.2, 0.25) is 5.91 Å². The van der Waals surface area contributed by atoms with E-state index in [1.807, 2.05) is 13.0 Å². The molecule has 1 aromatic carbocycles. The van der Waals surface area contributed by atoms with E-state index in [0.717, 1.165) is 29.9 Å². The van der Waals surface area contributed by atoms with Gasteiger partial charge in [0, 0.05) is 57.5 Å². The summed E-state index contributed by atoms with van der Waals surface area (Å²) in [7, 11) is 1.52. The number of hydrogen-bond donors (Lipinski definition) is 1. The van der Waals surface area contributed by atoms with Crippen molar-refractivity contribution in [3.8, 4) is 5.75 Å². The van der Waals surface area contributed by atoms with Gasteiger partial charge < -0.3 is 25.0 Å². The zero-order chi connectivity index (χ0) is 22.0. The molecule has 4 rings (SSSR count). The summed E-state index contributed by atoms with van der Waals surface area (Å²) in [4.78, 5) is 24.7. The summed E-state index contributed by atoms with van der Waals surface area (Å²) in [6, 6.07) is 4.91. The number of anilines is 2. The highest BCUT2D eigenvalue weighted by molar-refractivity contribution is 5.77. The van der Waals surface area contributed by atoms with Gasteiger partial charge in [0.15, 0.2) is 11.6 Å². The molecule has 0 bridgehead atoms. The van der Waals surface area contributed by atoms with E-state index in [-0.39, 0.29) is 23.9 Å². The fourth-order valence-electron chi connectivity index (χ4n) is 3.64. The average molecular weight is 429 g/mol. The Morgan fingerprint density at radius 2 is 1.94 bits per heavy atom. The number of nitrogens with two attached hydrogens (primary N) is 1. The van der Waals surface area contributed by atoms with Crippen molar-refractivity contribution in [2.75, 3.05) is 50.5 Å². The fourth-order valence-corrected chi connectivity index (χ4v) is 3.64. The first-order valence-electron chi connectivity index (χ1n) is 10.5. The minimum absolute atomic E-state index is 0.00427. The van der Waals surface area contributed by atoms with Crippen LogP contribution in [-0.4, -0.2) is 66.3 Å². The van der Waals surface area contributed by atoms with Crippen molar-refractivity contribution in [3.05, 3.63) is 41.6 Å². The van der Waals surface area contributed by atoms with E-state index in [4.69, 9.17) is 15.2 Å². The Kier molecular flexibility index (Phi) is 5.95. The van der Waals surface area contributed by atoms with Gasteiger partial charge >= 0.3 is 0 Å². The molecule has 9 heteroatoms. The second-order valence-corrected chi connectivity index (χ2v) is 8.38. The van der Waals surface area contributed by atoms with Gasteiger partial charge in [-0.25, -0.2) is 14.4 Å². The van der Waals surface area contributed by atoms with Crippen molar-refractivity contribution < 1.29 is 18.7 Å². The predicted octanol–water partition coefficient (Wildman–Crippen LogP) is 2.01. The molecule has 0 radical (unpaired) electrons. The molecule has 2 fully saturated rings. The zero-order valence-corrected chi connectivity index (χ0v) is 17.9. The number of piperazine rings is 1. The van der Waals surface area contributed by atoms with E-state index in [1.165, 1.54) is 19.5 Å². The van der Waals surface area contributed by atoms with E-state index in [9.17, 15) is 9.18 Å². The maximum atomic E-state index is 14.3. The minimum atomic E-state index is -0.446. The molecular weight excluding hydrogens is 401 g/mol. The summed E-state index contributed by atoms with van der Waals surface area (Å²) in [5, 5.41) is 0. The van der Waals surface area contributed by atoms with Crippen LogP contribution in [0, 0.1) is 5.82 Å². The molecule has 0 spiro atoms. The van der Waals surface area contributed by atoms with Crippen LogP contribution in [0.4, 0.5) is 15.9 Å². The van der Waals surface area contributed by atoms with Crippen molar-refractivity contribution in [2.45, 2.75) is 31.8 Å². The Hall–Kier alpha value is -2.94. The van der Waals surface area contributed by atoms with Gasteiger partial charge in [0.1, 0.15) is 24.4 Å². The molecule has 1 aliphatic carbocycles. The second-order valence-electron chi connectivity index (χ2n) is 8.38. The highest BCUT2D eigenvalue weighted by Gasteiger charge is 2.40. The van der Waals surface area contributed by atoms with E-state index in [1.54, 1.807) is 11.0 Å². The van der Waals surface area contributed by atoms with Gasteiger partial charge in [0.05, 0.1) is 5.69 Å². The van der Waals surface area contributed by atoms with Crippen LogP contribution in [0.5, 0.6) is 5.75 Å². The van der Waals surface area contributed by atoms with E-state index in [0.29, 0.717) is 38.3 Å². The zero-order valence-electron chi connectivity index (χ0n) is 17.9. The molecule has 2 N–H and O–H groups in total. The molecule has 1 aliphatic heterocycles. The second kappa shape index (κ2) is 8.66. The first-order valence-corrected chi connectivity index (χ1v) is 10.5. The SMILES string of the molecule is COCC(=O)N1CCN(c2cc(Cc3cc(OC4(C)CC4)c(F)cc3N)ncn2)CC1.